The number of benzene rings is 8. The minimum Gasteiger partial charge on any atom is -0.309 e. The first-order valence-corrected chi connectivity index (χ1v) is 19.2. The number of para-hydroxylation sites is 1. The molecule has 11 rings (SSSR count). The molecule has 0 atom stereocenters. The number of rotatable bonds is 5. The summed E-state index contributed by atoms with van der Waals surface area (Å²) in [5.74, 6) is 1.33. The summed E-state index contributed by atoms with van der Waals surface area (Å²) in [4.78, 5) is 14.2. The minimum absolute atomic E-state index is 0.234. The third kappa shape index (κ3) is 5.03. The second kappa shape index (κ2) is 12.4. The van der Waals surface area contributed by atoms with Gasteiger partial charge in [-0.25, -0.2) is 15.0 Å². The van der Waals surface area contributed by atoms with Gasteiger partial charge in [0.15, 0.2) is 11.6 Å². The molecule has 4 heteroatoms. The molecule has 264 valence electrons. The first-order valence-electron chi connectivity index (χ1n) is 19.2. The van der Waals surface area contributed by atoms with Crippen LogP contribution >= 0.6 is 0 Å². The highest BCUT2D eigenvalue weighted by Crippen LogP contribution is 2.50. The van der Waals surface area contributed by atoms with E-state index in [2.05, 4.69) is 198 Å². The average molecular weight is 717 g/mol. The van der Waals surface area contributed by atoms with Gasteiger partial charge in [0.05, 0.1) is 11.0 Å². The lowest BCUT2D eigenvalue weighted by molar-refractivity contribution is 0.660. The predicted octanol–water partition coefficient (Wildman–Crippen LogP) is 13.1. The van der Waals surface area contributed by atoms with Crippen LogP contribution in [0.3, 0.4) is 0 Å². The van der Waals surface area contributed by atoms with Crippen LogP contribution in [0.15, 0.2) is 182 Å². The van der Waals surface area contributed by atoms with Crippen molar-refractivity contribution in [2.24, 2.45) is 0 Å². The SMILES string of the molecule is CC1(C)c2cc(-c3ncnc(-c4ccc(-c5ccc(-c6ccccc6)cc5)cc4)n3)ccc2-c2ccc(-n3c4ccccc4c4ccc5ccccc5c43)cc21. The van der Waals surface area contributed by atoms with Crippen LogP contribution in [-0.4, -0.2) is 19.5 Å². The number of fused-ring (bicyclic) bond motifs is 8. The molecule has 4 nitrogen and oxygen atoms in total. The third-order valence-electron chi connectivity index (χ3n) is 11.8. The van der Waals surface area contributed by atoms with E-state index in [-0.39, 0.29) is 5.41 Å². The summed E-state index contributed by atoms with van der Waals surface area (Å²) in [5.41, 5.74) is 15.2. The fourth-order valence-electron chi connectivity index (χ4n) is 8.87. The Balaban J connectivity index is 0.923. The van der Waals surface area contributed by atoms with Gasteiger partial charge in [0.1, 0.15) is 6.33 Å². The number of aromatic nitrogens is 4. The van der Waals surface area contributed by atoms with Gasteiger partial charge >= 0.3 is 0 Å². The lowest BCUT2D eigenvalue weighted by Crippen LogP contribution is -2.15. The molecule has 0 radical (unpaired) electrons. The van der Waals surface area contributed by atoms with Crippen LogP contribution in [0.1, 0.15) is 25.0 Å². The van der Waals surface area contributed by atoms with Gasteiger partial charge < -0.3 is 4.57 Å². The van der Waals surface area contributed by atoms with Crippen molar-refractivity contribution in [2.75, 3.05) is 0 Å². The van der Waals surface area contributed by atoms with E-state index in [1.807, 2.05) is 6.07 Å². The Bertz CT molecular complexity index is 3140. The number of hydrogen-bond donors (Lipinski definition) is 0. The fourth-order valence-corrected chi connectivity index (χ4v) is 8.87. The van der Waals surface area contributed by atoms with Crippen LogP contribution in [-0.2, 0) is 5.41 Å². The molecule has 0 amide bonds. The molecule has 0 bridgehead atoms. The summed E-state index contributed by atoms with van der Waals surface area (Å²) >= 11 is 0. The zero-order valence-electron chi connectivity index (χ0n) is 31.1. The van der Waals surface area contributed by atoms with Gasteiger partial charge in [0.2, 0.25) is 0 Å². The Hall–Kier alpha value is -7.17. The summed E-state index contributed by atoms with van der Waals surface area (Å²) in [6.45, 7) is 4.67. The van der Waals surface area contributed by atoms with Crippen molar-refractivity contribution in [1.82, 2.24) is 19.5 Å². The molecule has 0 N–H and O–H groups in total. The molecule has 0 spiro atoms. The molecule has 0 aliphatic heterocycles. The van der Waals surface area contributed by atoms with Crippen LogP contribution in [0.2, 0.25) is 0 Å². The summed E-state index contributed by atoms with van der Waals surface area (Å²) in [7, 11) is 0. The quantitative estimate of drug-likeness (QED) is 0.178. The van der Waals surface area contributed by atoms with E-state index in [9.17, 15) is 0 Å². The highest BCUT2D eigenvalue weighted by atomic mass is 15.0. The van der Waals surface area contributed by atoms with Crippen molar-refractivity contribution in [2.45, 2.75) is 19.3 Å². The Morgan fingerprint density at radius 2 is 0.982 bits per heavy atom. The summed E-state index contributed by atoms with van der Waals surface area (Å²) in [6.07, 6.45) is 1.63. The molecule has 56 heavy (non-hydrogen) atoms. The van der Waals surface area contributed by atoms with Crippen LogP contribution in [0.5, 0.6) is 0 Å². The third-order valence-corrected chi connectivity index (χ3v) is 11.8. The van der Waals surface area contributed by atoms with Crippen molar-refractivity contribution in [3.8, 4) is 61.8 Å². The van der Waals surface area contributed by atoms with Gasteiger partial charge in [-0.3, -0.25) is 0 Å². The monoisotopic (exact) mass is 716 g/mol. The average Bonchev–Trinajstić information content (AvgIpc) is 3.72. The zero-order valence-corrected chi connectivity index (χ0v) is 31.1. The lowest BCUT2D eigenvalue weighted by Gasteiger charge is -2.23. The first kappa shape index (κ1) is 32.3. The van der Waals surface area contributed by atoms with Crippen molar-refractivity contribution < 1.29 is 0 Å². The molecule has 0 unspecified atom stereocenters. The summed E-state index contributed by atoms with van der Waals surface area (Å²) in [5, 5.41) is 5.04. The normalized spacial score (nSPS) is 13.0. The van der Waals surface area contributed by atoms with Crippen LogP contribution in [0, 0.1) is 0 Å². The number of nitrogens with zero attached hydrogens (tertiary/aromatic N) is 4. The molecule has 0 saturated heterocycles. The van der Waals surface area contributed by atoms with Gasteiger partial charge in [-0.05, 0) is 74.2 Å². The minimum atomic E-state index is -0.234. The first-order chi connectivity index (χ1) is 27.5. The largest absolute Gasteiger partial charge is 0.309 e. The van der Waals surface area contributed by atoms with E-state index in [0.717, 1.165) is 16.7 Å². The highest BCUT2D eigenvalue weighted by Gasteiger charge is 2.36. The van der Waals surface area contributed by atoms with E-state index in [4.69, 9.17) is 4.98 Å². The Kier molecular flexibility index (Phi) is 7.17. The van der Waals surface area contributed by atoms with Crippen molar-refractivity contribution >= 4 is 32.6 Å². The maximum Gasteiger partial charge on any atom is 0.163 e. The Morgan fingerprint density at radius 1 is 0.429 bits per heavy atom. The van der Waals surface area contributed by atoms with Crippen LogP contribution in [0.4, 0.5) is 0 Å². The molecule has 2 aromatic heterocycles. The molecule has 0 saturated carbocycles. The standard InChI is InChI=1S/C52H36N4/c1-52(2)46-30-39(51-54-32-53-50(55-51)38-22-20-36(21-23-38)35-18-16-34(17-19-35)33-10-4-3-5-11-33)25-27-42(46)43-29-26-40(31-47(43)52)56-48-15-9-8-14-44(48)45-28-24-37-12-6-7-13-41(37)49(45)56/h3-32H,1-2H3. The van der Waals surface area contributed by atoms with Gasteiger partial charge in [-0.2, -0.15) is 0 Å². The summed E-state index contributed by atoms with van der Waals surface area (Å²) in [6, 6.07) is 63.3. The molecule has 1 aliphatic rings. The van der Waals surface area contributed by atoms with E-state index in [1.54, 1.807) is 6.33 Å². The molecule has 0 fully saturated rings. The predicted molar refractivity (Wildman–Crippen MR) is 231 cm³/mol. The molecule has 2 heterocycles. The number of hydrogen-bond acceptors (Lipinski definition) is 3. The maximum absolute atomic E-state index is 4.99. The van der Waals surface area contributed by atoms with Gasteiger partial charge in [0.25, 0.3) is 0 Å². The van der Waals surface area contributed by atoms with Crippen molar-refractivity contribution in [3.05, 3.63) is 193 Å². The molecular formula is C52H36N4. The maximum atomic E-state index is 4.99. The van der Waals surface area contributed by atoms with Crippen molar-refractivity contribution in [1.29, 1.82) is 0 Å². The summed E-state index contributed by atoms with van der Waals surface area (Å²) < 4.78 is 2.46. The molecule has 10 aromatic rings. The molecule has 8 aromatic carbocycles. The lowest BCUT2D eigenvalue weighted by atomic mass is 9.82. The Morgan fingerprint density at radius 3 is 1.71 bits per heavy atom. The second-order valence-corrected chi connectivity index (χ2v) is 15.3. The zero-order chi connectivity index (χ0) is 37.4. The molecule has 1 aliphatic carbocycles. The van der Waals surface area contributed by atoms with E-state index >= 15 is 0 Å². The van der Waals surface area contributed by atoms with Crippen LogP contribution < -0.4 is 0 Å². The Labute approximate surface area is 325 Å². The van der Waals surface area contributed by atoms with E-state index < -0.39 is 0 Å². The van der Waals surface area contributed by atoms with Gasteiger partial charge in [0, 0.05) is 38.4 Å². The van der Waals surface area contributed by atoms with Gasteiger partial charge in [-0.15, -0.1) is 0 Å². The second-order valence-electron chi connectivity index (χ2n) is 15.3. The fraction of sp³-hybridized carbons (Fsp3) is 0.0577. The van der Waals surface area contributed by atoms with E-state index in [1.165, 1.54) is 77.2 Å². The topological polar surface area (TPSA) is 43.6 Å². The van der Waals surface area contributed by atoms with Crippen molar-refractivity contribution in [3.63, 3.8) is 0 Å². The highest BCUT2D eigenvalue weighted by molar-refractivity contribution is 6.18. The molecular weight excluding hydrogens is 681 g/mol. The smallest absolute Gasteiger partial charge is 0.163 e. The van der Waals surface area contributed by atoms with E-state index in [0.29, 0.717) is 11.6 Å². The van der Waals surface area contributed by atoms with Crippen LogP contribution in [0.25, 0.3) is 94.4 Å². The van der Waals surface area contributed by atoms with Gasteiger partial charge in [-0.1, -0.05) is 166 Å².